The quantitative estimate of drug-likeness (QED) is 0.571. The van der Waals surface area contributed by atoms with Gasteiger partial charge in [-0.1, -0.05) is 19.9 Å². The minimum Gasteiger partial charge on any atom is -0.548 e. The average Bonchev–Trinajstić information content (AvgIpc) is 2.34. The van der Waals surface area contributed by atoms with Gasteiger partial charge in [0, 0.05) is 6.20 Å². The number of hydrogen-bond donors (Lipinski definition) is 1. The van der Waals surface area contributed by atoms with E-state index in [0.29, 0.717) is 5.69 Å². The molecule has 0 saturated carbocycles. The number of aromatic nitrogens is 1. The van der Waals surface area contributed by atoms with Crippen LogP contribution < -0.4 is 29.3 Å². The zero-order valence-electron chi connectivity index (χ0n) is 11.3. The van der Waals surface area contributed by atoms with Crippen molar-refractivity contribution in [1.82, 2.24) is 10.3 Å². The summed E-state index contributed by atoms with van der Waals surface area (Å²) in [4.78, 5) is 26.1. The van der Waals surface area contributed by atoms with Crippen LogP contribution in [-0.2, 0) is 16.1 Å². The zero-order chi connectivity index (χ0) is 13.5. The Balaban J connectivity index is 0.00000324. The monoisotopic (exact) mass is 258 g/mol. The van der Waals surface area contributed by atoms with Crippen molar-refractivity contribution < 1.29 is 38.3 Å². The summed E-state index contributed by atoms with van der Waals surface area (Å²) in [7, 11) is 0. The molecule has 1 aromatic rings. The summed E-state index contributed by atoms with van der Waals surface area (Å²) in [6.45, 7) is 3.32. The van der Waals surface area contributed by atoms with Crippen LogP contribution in [0.2, 0.25) is 0 Å². The SMILES string of the molecule is CC(C)[C@H](NC(=O)OCc1ccccn1)C(=O)[O-].[Li+]. The minimum atomic E-state index is -1.33. The molecule has 1 amide bonds. The van der Waals surface area contributed by atoms with Gasteiger partial charge in [0.05, 0.1) is 17.7 Å². The number of carbonyl (C=O) groups excluding carboxylic acids is 2. The first-order valence-electron chi connectivity index (χ1n) is 5.54. The maximum absolute atomic E-state index is 11.4. The van der Waals surface area contributed by atoms with E-state index in [1.54, 1.807) is 38.2 Å². The third kappa shape index (κ3) is 6.27. The third-order valence-corrected chi connectivity index (χ3v) is 2.27. The van der Waals surface area contributed by atoms with E-state index in [9.17, 15) is 14.7 Å². The molecule has 0 radical (unpaired) electrons. The van der Waals surface area contributed by atoms with Crippen LogP contribution in [0.25, 0.3) is 0 Å². The van der Waals surface area contributed by atoms with Gasteiger partial charge in [0.25, 0.3) is 0 Å². The number of pyridine rings is 1. The molecule has 0 aliphatic heterocycles. The summed E-state index contributed by atoms with van der Waals surface area (Å²) in [6.07, 6.45) is 0.776. The molecule has 6 nitrogen and oxygen atoms in total. The van der Waals surface area contributed by atoms with E-state index >= 15 is 0 Å². The van der Waals surface area contributed by atoms with Crippen molar-refractivity contribution in [1.29, 1.82) is 0 Å². The summed E-state index contributed by atoms with van der Waals surface area (Å²) in [6, 6.07) is 4.14. The van der Waals surface area contributed by atoms with E-state index < -0.39 is 18.1 Å². The van der Waals surface area contributed by atoms with Gasteiger partial charge in [0.2, 0.25) is 0 Å². The molecule has 0 fully saturated rings. The number of amides is 1. The molecule has 1 rings (SSSR count). The van der Waals surface area contributed by atoms with Crippen LogP contribution in [0.15, 0.2) is 24.4 Å². The molecular formula is C12H15LiN2O4. The van der Waals surface area contributed by atoms with Gasteiger partial charge < -0.3 is 20.0 Å². The van der Waals surface area contributed by atoms with Gasteiger partial charge >= 0.3 is 25.0 Å². The number of carbonyl (C=O) groups is 2. The van der Waals surface area contributed by atoms with Crippen LogP contribution in [0.4, 0.5) is 4.79 Å². The number of hydrogen-bond acceptors (Lipinski definition) is 5. The largest absolute Gasteiger partial charge is 1.00 e. The van der Waals surface area contributed by atoms with E-state index in [1.807, 2.05) is 0 Å². The van der Waals surface area contributed by atoms with Gasteiger partial charge in [-0.2, -0.15) is 0 Å². The molecule has 98 valence electrons. The molecule has 1 aromatic heterocycles. The number of ether oxygens (including phenoxy) is 1. The zero-order valence-corrected chi connectivity index (χ0v) is 11.3. The molecule has 0 aromatic carbocycles. The van der Waals surface area contributed by atoms with E-state index in [0.717, 1.165) is 0 Å². The fraction of sp³-hybridized carbons (Fsp3) is 0.417. The Kier molecular flexibility index (Phi) is 7.88. The number of nitrogens with zero attached hydrogens (tertiary/aromatic N) is 1. The Morgan fingerprint density at radius 3 is 2.58 bits per heavy atom. The van der Waals surface area contributed by atoms with Crippen molar-refractivity contribution in [3.8, 4) is 0 Å². The number of aliphatic carboxylic acids is 1. The van der Waals surface area contributed by atoms with E-state index in [1.165, 1.54) is 0 Å². The summed E-state index contributed by atoms with van der Waals surface area (Å²) < 4.78 is 4.86. The predicted molar refractivity (Wildman–Crippen MR) is 61.2 cm³/mol. The first-order chi connectivity index (χ1) is 8.50. The average molecular weight is 258 g/mol. The molecule has 1 heterocycles. The second-order valence-corrected chi connectivity index (χ2v) is 4.08. The number of rotatable bonds is 5. The molecule has 19 heavy (non-hydrogen) atoms. The molecule has 0 bridgehead atoms. The van der Waals surface area contributed by atoms with Gasteiger partial charge in [-0.15, -0.1) is 0 Å². The molecule has 0 aliphatic rings. The Bertz CT molecular complexity index is 411. The molecule has 0 unspecified atom stereocenters. The van der Waals surface area contributed by atoms with Crippen LogP contribution in [0.5, 0.6) is 0 Å². The molecular weight excluding hydrogens is 243 g/mol. The predicted octanol–water partition coefficient (Wildman–Crippen LogP) is -2.91. The van der Waals surface area contributed by atoms with Crippen LogP contribution in [-0.4, -0.2) is 23.1 Å². The van der Waals surface area contributed by atoms with Crippen LogP contribution in [0, 0.1) is 5.92 Å². The Hall–Kier alpha value is -1.51. The maximum Gasteiger partial charge on any atom is 1.00 e. The van der Waals surface area contributed by atoms with E-state index in [2.05, 4.69) is 10.3 Å². The first kappa shape index (κ1) is 17.5. The van der Waals surface area contributed by atoms with Crippen molar-refractivity contribution in [2.75, 3.05) is 0 Å². The topological polar surface area (TPSA) is 91.3 Å². The fourth-order valence-corrected chi connectivity index (χ4v) is 1.29. The van der Waals surface area contributed by atoms with Gasteiger partial charge in [-0.3, -0.25) is 4.98 Å². The van der Waals surface area contributed by atoms with Crippen LogP contribution in [0.3, 0.4) is 0 Å². The summed E-state index contributed by atoms with van der Waals surface area (Å²) in [5, 5.41) is 13.0. The smallest absolute Gasteiger partial charge is 0.548 e. The van der Waals surface area contributed by atoms with Crippen molar-refractivity contribution in [3.63, 3.8) is 0 Å². The molecule has 0 spiro atoms. The normalized spacial score (nSPS) is 11.3. The van der Waals surface area contributed by atoms with Crippen molar-refractivity contribution in [2.24, 2.45) is 5.92 Å². The molecule has 0 aliphatic carbocycles. The van der Waals surface area contributed by atoms with Gasteiger partial charge in [-0.25, -0.2) is 4.79 Å². The van der Waals surface area contributed by atoms with E-state index in [4.69, 9.17) is 4.74 Å². The Morgan fingerprint density at radius 2 is 2.11 bits per heavy atom. The second kappa shape index (κ2) is 8.57. The van der Waals surface area contributed by atoms with Crippen molar-refractivity contribution in [3.05, 3.63) is 30.1 Å². The number of nitrogens with one attached hydrogen (secondary N) is 1. The molecule has 1 atom stereocenters. The molecule has 0 saturated heterocycles. The Morgan fingerprint density at radius 1 is 1.42 bits per heavy atom. The Labute approximate surface area is 123 Å². The summed E-state index contributed by atoms with van der Waals surface area (Å²) >= 11 is 0. The number of carboxylic acid groups (broad SMARTS) is 1. The molecule has 1 N–H and O–H groups in total. The van der Waals surface area contributed by atoms with Gasteiger partial charge in [0.1, 0.15) is 6.61 Å². The minimum absolute atomic E-state index is 0. The first-order valence-corrected chi connectivity index (χ1v) is 5.54. The third-order valence-electron chi connectivity index (χ3n) is 2.27. The van der Waals surface area contributed by atoms with Crippen molar-refractivity contribution >= 4 is 12.1 Å². The van der Waals surface area contributed by atoms with E-state index in [-0.39, 0.29) is 31.4 Å². The fourth-order valence-electron chi connectivity index (χ4n) is 1.29. The number of carboxylic acids is 1. The van der Waals surface area contributed by atoms with Crippen LogP contribution >= 0.6 is 0 Å². The molecule has 7 heteroatoms. The summed E-state index contributed by atoms with van der Waals surface area (Å²) in [5.74, 6) is -1.61. The van der Waals surface area contributed by atoms with Gasteiger partial charge in [0.15, 0.2) is 0 Å². The van der Waals surface area contributed by atoms with Crippen molar-refractivity contribution in [2.45, 2.75) is 26.5 Å². The van der Waals surface area contributed by atoms with Crippen LogP contribution in [0.1, 0.15) is 19.5 Å². The second-order valence-electron chi connectivity index (χ2n) is 4.08. The summed E-state index contributed by atoms with van der Waals surface area (Å²) in [5.41, 5.74) is 0.585. The maximum atomic E-state index is 11.4. The van der Waals surface area contributed by atoms with Gasteiger partial charge in [-0.05, 0) is 18.1 Å². The standard InChI is InChI=1S/C12H16N2O4.Li/c1-8(2)10(11(15)16)14-12(17)18-7-9-5-3-4-6-13-9;/h3-6,8,10H,7H2,1-2H3,(H,14,17)(H,15,16);/q;+1/p-1/t10-;/m0./s1. The number of alkyl carbamates (subject to hydrolysis) is 1.